The zero-order valence-electron chi connectivity index (χ0n) is 24.0. The number of anilines is 1. The molecule has 1 amide bonds. The molecule has 2 atom stereocenters. The molecule has 0 aliphatic carbocycles. The van der Waals surface area contributed by atoms with Gasteiger partial charge in [-0.3, -0.25) is 9.69 Å². The fourth-order valence-corrected chi connectivity index (χ4v) is 6.14. The maximum atomic E-state index is 14.3. The van der Waals surface area contributed by atoms with Gasteiger partial charge in [-0.15, -0.1) is 0 Å². The summed E-state index contributed by atoms with van der Waals surface area (Å²) in [6.07, 6.45) is 2.49. The number of ether oxygens (including phenoxy) is 2. The summed E-state index contributed by atoms with van der Waals surface area (Å²) in [5, 5.41) is 3.09. The summed E-state index contributed by atoms with van der Waals surface area (Å²) < 4.78 is 25.0. The molecule has 7 nitrogen and oxygen atoms in total. The van der Waals surface area contributed by atoms with Gasteiger partial charge in [0.15, 0.2) is 11.5 Å². The number of carbonyl (C=O) groups is 1. The standard InChI is InChI=1S/C31H45FN4O3/c1-23(2)21-34-14-13-27(35-15-17-36(18-16-35)28-8-6-5-7-26(28)32)25(22-34)10-12-31(37)33-20-24-9-11-29(38-3)30(19-24)39-4/h5-9,11,19,23,25,27H,10,12-18,20-22H2,1-4H3,(H,33,37)/t25-,27+/m0/s1. The highest BCUT2D eigenvalue weighted by atomic mass is 19.1. The zero-order chi connectivity index (χ0) is 27.8. The first-order valence-electron chi connectivity index (χ1n) is 14.3. The largest absolute Gasteiger partial charge is 0.493 e. The Morgan fingerprint density at radius 3 is 2.46 bits per heavy atom. The van der Waals surface area contributed by atoms with Crippen molar-refractivity contribution < 1.29 is 18.7 Å². The molecule has 2 aliphatic heterocycles. The van der Waals surface area contributed by atoms with E-state index in [-0.39, 0.29) is 11.7 Å². The van der Waals surface area contributed by atoms with Crippen molar-refractivity contribution in [3.63, 3.8) is 0 Å². The van der Waals surface area contributed by atoms with Crippen molar-refractivity contribution in [3.05, 3.63) is 53.8 Å². The third-order valence-electron chi connectivity index (χ3n) is 8.06. The molecule has 39 heavy (non-hydrogen) atoms. The molecule has 214 valence electrons. The molecule has 2 aromatic rings. The van der Waals surface area contributed by atoms with Crippen molar-refractivity contribution in [3.8, 4) is 11.5 Å². The molecular weight excluding hydrogens is 495 g/mol. The van der Waals surface area contributed by atoms with Gasteiger partial charge in [-0.2, -0.15) is 0 Å². The topological polar surface area (TPSA) is 57.3 Å². The molecule has 0 unspecified atom stereocenters. The maximum Gasteiger partial charge on any atom is 0.220 e. The predicted octanol–water partition coefficient (Wildman–Crippen LogP) is 4.41. The van der Waals surface area contributed by atoms with E-state index < -0.39 is 0 Å². The Bertz CT molecular complexity index is 1070. The van der Waals surface area contributed by atoms with E-state index in [2.05, 4.69) is 33.9 Å². The molecule has 2 heterocycles. The average Bonchev–Trinajstić information content (AvgIpc) is 2.95. The number of hydrogen-bond acceptors (Lipinski definition) is 6. The van der Waals surface area contributed by atoms with Crippen LogP contribution in [0.3, 0.4) is 0 Å². The number of halogens is 1. The Kier molecular flexibility index (Phi) is 10.5. The molecule has 1 N–H and O–H groups in total. The van der Waals surface area contributed by atoms with Crippen LogP contribution in [0.1, 0.15) is 38.7 Å². The van der Waals surface area contributed by atoms with Crippen molar-refractivity contribution >= 4 is 11.6 Å². The van der Waals surface area contributed by atoms with Gasteiger partial charge in [0.05, 0.1) is 19.9 Å². The van der Waals surface area contributed by atoms with Gasteiger partial charge in [0.2, 0.25) is 5.91 Å². The Balaban J connectivity index is 1.33. The molecule has 0 saturated carbocycles. The molecule has 8 heteroatoms. The maximum absolute atomic E-state index is 14.3. The number of benzene rings is 2. The molecule has 0 aromatic heterocycles. The first-order chi connectivity index (χ1) is 18.9. The monoisotopic (exact) mass is 540 g/mol. The summed E-state index contributed by atoms with van der Waals surface area (Å²) in [5.41, 5.74) is 1.68. The lowest BCUT2D eigenvalue weighted by Gasteiger charge is -2.47. The third kappa shape index (κ3) is 7.85. The number of rotatable bonds is 11. The van der Waals surface area contributed by atoms with Gasteiger partial charge in [-0.05, 0) is 61.1 Å². The minimum absolute atomic E-state index is 0.0777. The quantitative estimate of drug-likeness (QED) is 0.456. The number of amides is 1. The van der Waals surface area contributed by atoms with Crippen molar-refractivity contribution in [2.24, 2.45) is 11.8 Å². The van der Waals surface area contributed by atoms with Crippen LogP contribution < -0.4 is 19.7 Å². The van der Waals surface area contributed by atoms with E-state index >= 15 is 0 Å². The first kappa shape index (κ1) is 29.2. The van der Waals surface area contributed by atoms with E-state index in [0.29, 0.717) is 48.0 Å². The Morgan fingerprint density at radius 1 is 1.03 bits per heavy atom. The smallest absolute Gasteiger partial charge is 0.220 e. The number of nitrogens with one attached hydrogen (secondary N) is 1. The highest BCUT2D eigenvalue weighted by molar-refractivity contribution is 5.75. The Morgan fingerprint density at radius 2 is 1.77 bits per heavy atom. The van der Waals surface area contributed by atoms with Gasteiger partial charge in [-0.25, -0.2) is 4.39 Å². The molecule has 2 aromatic carbocycles. The van der Waals surface area contributed by atoms with Gasteiger partial charge in [0, 0.05) is 58.3 Å². The fraction of sp³-hybridized carbons (Fsp3) is 0.581. The van der Waals surface area contributed by atoms with Crippen LogP contribution >= 0.6 is 0 Å². The zero-order valence-corrected chi connectivity index (χ0v) is 24.0. The van der Waals surface area contributed by atoms with Crippen molar-refractivity contribution in [1.82, 2.24) is 15.1 Å². The van der Waals surface area contributed by atoms with Crippen LogP contribution in [0, 0.1) is 17.7 Å². The lowest BCUT2D eigenvalue weighted by molar-refractivity contribution is -0.121. The summed E-state index contributed by atoms with van der Waals surface area (Å²) in [6.45, 7) is 11.7. The lowest BCUT2D eigenvalue weighted by Crippen LogP contribution is -2.57. The van der Waals surface area contributed by atoms with Crippen LogP contribution in [0.5, 0.6) is 11.5 Å². The number of para-hydroxylation sites is 1. The van der Waals surface area contributed by atoms with Gasteiger partial charge in [-0.1, -0.05) is 32.0 Å². The van der Waals surface area contributed by atoms with Crippen LogP contribution in [0.15, 0.2) is 42.5 Å². The highest BCUT2D eigenvalue weighted by Crippen LogP contribution is 2.30. The van der Waals surface area contributed by atoms with Gasteiger partial charge < -0.3 is 24.6 Å². The van der Waals surface area contributed by atoms with Crippen LogP contribution in [0.4, 0.5) is 10.1 Å². The average molecular weight is 541 g/mol. The van der Waals surface area contributed by atoms with Gasteiger partial charge in [0.1, 0.15) is 5.82 Å². The minimum Gasteiger partial charge on any atom is -0.493 e. The Hall–Kier alpha value is -2.84. The van der Waals surface area contributed by atoms with E-state index in [1.54, 1.807) is 26.4 Å². The van der Waals surface area contributed by atoms with Crippen molar-refractivity contribution in [1.29, 1.82) is 0 Å². The number of likely N-dealkylation sites (tertiary alicyclic amines) is 1. The number of methoxy groups -OCH3 is 2. The number of nitrogens with zero attached hydrogens (tertiary/aromatic N) is 3. The molecule has 0 radical (unpaired) electrons. The second-order valence-corrected chi connectivity index (χ2v) is 11.2. The third-order valence-corrected chi connectivity index (χ3v) is 8.06. The molecule has 2 saturated heterocycles. The SMILES string of the molecule is COc1ccc(CNC(=O)CC[C@H]2CN(CC(C)C)CC[C@H]2N2CCN(c3ccccc3F)CC2)cc1OC. The van der Waals surface area contributed by atoms with E-state index in [4.69, 9.17) is 9.47 Å². The number of hydrogen-bond donors (Lipinski definition) is 1. The van der Waals surface area contributed by atoms with Crippen LogP contribution in [-0.2, 0) is 11.3 Å². The van der Waals surface area contributed by atoms with Crippen molar-refractivity contribution in [2.75, 3.05) is 64.9 Å². The molecule has 2 fully saturated rings. The van der Waals surface area contributed by atoms with E-state index in [1.165, 1.54) is 0 Å². The van der Waals surface area contributed by atoms with Crippen LogP contribution in [0.2, 0.25) is 0 Å². The van der Waals surface area contributed by atoms with Crippen LogP contribution in [0.25, 0.3) is 0 Å². The van der Waals surface area contributed by atoms with Crippen molar-refractivity contribution in [2.45, 2.75) is 45.7 Å². The van der Waals surface area contributed by atoms with E-state index in [1.807, 2.05) is 30.3 Å². The molecule has 0 spiro atoms. The Labute approximate surface area is 233 Å². The number of carbonyl (C=O) groups excluding carboxylic acids is 1. The number of piperazine rings is 1. The molecule has 4 rings (SSSR count). The lowest BCUT2D eigenvalue weighted by atomic mass is 9.86. The first-order valence-corrected chi connectivity index (χ1v) is 14.3. The summed E-state index contributed by atoms with van der Waals surface area (Å²) >= 11 is 0. The molecule has 2 aliphatic rings. The summed E-state index contributed by atoms with van der Waals surface area (Å²) in [7, 11) is 3.23. The van der Waals surface area contributed by atoms with Gasteiger partial charge >= 0.3 is 0 Å². The summed E-state index contributed by atoms with van der Waals surface area (Å²) in [6, 6.07) is 13.2. The summed E-state index contributed by atoms with van der Waals surface area (Å²) in [5.74, 6) is 2.32. The minimum atomic E-state index is -0.148. The second-order valence-electron chi connectivity index (χ2n) is 11.2. The number of piperidine rings is 1. The summed E-state index contributed by atoms with van der Waals surface area (Å²) in [4.78, 5) is 20.2. The van der Waals surface area contributed by atoms with E-state index in [9.17, 15) is 9.18 Å². The normalized spacial score (nSPS) is 20.7. The predicted molar refractivity (Wildman–Crippen MR) is 154 cm³/mol. The van der Waals surface area contributed by atoms with E-state index in [0.717, 1.165) is 64.2 Å². The van der Waals surface area contributed by atoms with Crippen LogP contribution in [-0.4, -0.2) is 81.8 Å². The fourth-order valence-electron chi connectivity index (χ4n) is 6.14. The van der Waals surface area contributed by atoms with Gasteiger partial charge in [0.25, 0.3) is 0 Å². The highest BCUT2D eigenvalue weighted by Gasteiger charge is 2.35. The molecule has 0 bridgehead atoms. The second kappa shape index (κ2) is 14.0. The molecular formula is C31H45FN4O3.